The van der Waals surface area contributed by atoms with Crippen molar-refractivity contribution in [1.82, 2.24) is 9.62 Å². The first-order valence-corrected chi connectivity index (χ1v) is 11.3. The number of hydrogen-bond acceptors (Lipinski definition) is 3. The quantitative estimate of drug-likeness (QED) is 0.799. The van der Waals surface area contributed by atoms with Crippen molar-refractivity contribution in [3.05, 3.63) is 65.5 Å². The number of sulfonamides is 1. The minimum atomic E-state index is -3.57. The average molecular weight is 419 g/mol. The Bertz CT molecular complexity index is 949. The highest BCUT2D eigenvalue weighted by molar-refractivity contribution is 7.89. The Kier molecular flexibility index (Phi) is 6.39. The van der Waals surface area contributed by atoms with Crippen molar-refractivity contribution < 1.29 is 17.6 Å². The van der Waals surface area contributed by atoms with Gasteiger partial charge in [-0.3, -0.25) is 4.79 Å². The molecule has 0 unspecified atom stereocenters. The molecule has 1 saturated heterocycles. The predicted octanol–water partition coefficient (Wildman–Crippen LogP) is 3.98. The minimum absolute atomic E-state index is 0.196. The van der Waals surface area contributed by atoms with Gasteiger partial charge in [-0.1, -0.05) is 26.0 Å². The zero-order valence-corrected chi connectivity index (χ0v) is 17.7. The molecule has 1 amide bonds. The van der Waals surface area contributed by atoms with Crippen LogP contribution < -0.4 is 5.32 Å². The van der Waals surface area contributed by atoms with Gasteiger partial charge in [-0.05, 0) is 67.1 Å². The van der Waals surface area contributed by atoms with Gasteiger partial charge in [0.05, 0.1) is 10.9 Å². The highest BCUT2D eigenvalue weighted by Gasteiger charge is 2.31. The van der Waals surface area contributed by atoms with Crippen LogP contribution in [0, 0.1) is 17.7 Å². The second-order valence-electron chi connectivity index (χ2n) is 8.04. The van der Waals surface area contributed by atoms with Crippen LogP contribution >= 0.6 is 0 Å². The molecule has 29 heavy (non-hydrogen) atoms. The molecule has 1 aliphatic rings. The molecule has 0 spiro atoms. The second kappa shape index (κ2) is 8.63. The van der Waals surface area contributed by atoms with E-state index in [0.29, 0.717) is 30.5 Å². The van der Waals surface area contributed by atoms with Gasteiger partial charge in [0.25, 0.3) is 5.91 Å². The fraction of sp³-hybridized carbons (Fsp3) is 0.409. The molecule has 1 fully saturated rings. The molecule has 2 aromatic carbocycles. The first-order valence-electron chi connectivity index (χ1n) is 9.83. The lowest BCUT2D eigenvalue weighted by molar-refractivity contribution is 0.0940. The number of halogens is 1. The Morgan fingerprint density at radius 1 is 1.03 bits per heavy atom. The molecule has 5 nitrogen and oxygen atoms in total. The third-order valence-electron chi connectivity index (χ3n) is 5.31. The zero-order valence-electron chi connectivity index (χ0n) is 16.9. The summed E-state index contributed by atoms with van der Waals surface area (Å²) < 4.78 is 40.5. The van der Waals surface area contributed by atoms with Gasteiger partial charge in [0, 0.05) is 18.7 Å². The van der Waals surface area contributed by atoms with Crippen molar-refractivity contribution in [1.29, 1.82) is 0 Å². The molecule has 1 heterocycles. The number of amides is 1. The van der Waals surface area contributed by atoms with Gasteiger partial charge in [0.2, 0.25) is 10.0 Å². The predicted molar refractivity (Wildman–Crippen MR) is 110 cm³/mol. The summed E-state index contributed by atoms with van der Waals surface area (Å²) in [6, 6.07) is 11.6. The number of rotatable bonds is 5. The summed E-state index contributed by atoms with van der Waals surface area (Å²) in [5.74, 6) is 0.00519. The van der Waals surface area contributed by atoms with E-state index in [2.05, 4.69) is 19.2 Å². The Morgan fingerprint density at radius 3 is 2.14 bits per heavy atom. The lowest BCUT2D eigenvalue weighted by Crippen LogP contribution is -2.42. The van der Waals surface area contributed by atoms with Gasteiger partial charge in [0.1, 0.15) is 5.82 Å². The Balaban J connectivity index is 1.70. The number of carbonyl (C=O) groups excluding carboxylic acids is 1. The molecule has 0 radical (unpaired) electrons. The second-order valence-corrected chi connectivity index (χ2v) is 9.98. The van der Waals surface area contributed by atoms with E-state index in [1.807, 2.05) is 6.92 Å². The smallest absolute Gasteiger partial charge is 0.251 e. The standard InChI is InChI=1S/C22H27FN2O3S/c1-15-12-16(2)14-25(13-15)29(27,28)21-10-6-19(7-11-21)22(26)24-17(3)18-4-8-20(23)9-5-18/h4-11,15-17H,12-14H2,1-3H3,(H,24,26)/t15-,16+,17-/m1/s1. The van der Waals surface area contributed by atoms with Gasteiger partial charge in [-0.25, -0.2) is 12.8 Å². The first-order chi connectivity index (χ1) is 13.7. The lowest BCUT2D eigenvalue weighted by Gasteiger charge is -2.34. The largest absolute Gasteiger partial charge is 0.346 e. The van der Waals surface area contributed by atoms with Crippen LogP contribution in [-0.4, -0.2) is 31.7 Å². The van der Waals surface area contributed by atoms with Crippen LogP contribution in [0.15, 0.2) is 53.4 Å². The van der Waals surface area contributed by atoms with E-state index < -0.39 is 10.0 Å². The summed E-state index contributed by atoms with van der Waals surface area (Å²) >= 11 is 0. The van der Waals surface area contributed by atoms with Crippen molar-refractivity contribution in [2.45, 2.75) is 38.1 Å². The molecular formula is C22H27FN2O3S. The Hall–Kier alpha value is -2.25. The molecule has 0 bridgehead atoms. The maximum Gasteiger partial charge on any atom is 0.251 e. The van der Waals surface area contributed by atoms with Gasteiger partial charge in [-0.15, -0.1) is 0 Å². The normalized spacial score (nSPS) is 21.5. The number of nitrogens with zero attached hydrogens (tertiary/aromatic N) is 1. The van der Waals surface area contributed by atoms with Crippen LogP contribution in [0.3, 0.4) is 0 Å². The summed E-state index contributed by atoms with van der Waals surface area (Å²) in [4.78, 5) is 12.7. The summed E-state index contributed by atoms with van der Waals surface area (Å²) in [5.41, 5.74) is 1.16. The number of benzene rings is 2. The fourth-order valence-corrected chi connectivity index (χ4v) is 5.52. The third-order valence-corrected chi connectivity index (χ3v) is 7.15. The highest BCUT2D eigenvalue weighted by Crippen LogP contribution is 2.26. The third kappa shape index (κ3) is 5.03. The maximum absolute atomic E-state index is 13.0. The SMILES string of the molecule is C[C@@H]1C[C@H](C)CN(S(=O)(=O)c2ccc(C(=O)N[C@H](C)c3ccc(F)cc3)cc2)C1. The number of hydrogen-bond donors (Lipinski definition) is 1. The zero-order chi connectivity index (χ0) is 21.2. The minimum Gasteiger partial charge on any atom is -0.346 e. The number of nitrogens with one attached hydrogen (secondary N) is 1. The van der Waals surface area contributed by atoms with Crippen molar-refractivity contribution >= 4 is 15.9 Å². The molecule has 0 saturated carbocycles. The Labute approximate surface area is 172 Å². The summed E-state index contributed by atoms with van der Waals surface area (Å²) in [5, 5.41) is 2.84. The molecule has 3 rings (SSSR count). The average Bonchev–Trinajstić information content (AvgIpc) is 2.67. The summed E-state index contributed by atoms with van der Waals surface area (Å²) in [6.07, 6.45) is 1.03. The summed E-state index contributed by atoms with van der Waals surface area (Å²) in [6.45, 7) is 6.97. The molecular weight excluding hydrogens is 391 g/mol. The van der Waals surface area contributed by atoms with Crippen LogP contribution in [-0.2, 0) is 10.0 Å². The molecule has 0 aromatic heterocycles. The van der Waals surface area contributed by atoms with Gasteiger partial charge in [0.15, 0.2) is 0 Å². The van der Waals surface area contributed by atoms with Crippen molar-refractivity contribution in [2.75, 3.05) is 13.1 Å². The van der Waals surface area contributed by atoms with Crippen LogP contribution in [0.2, 0.25) is 0 Å². The van der Waals surface area contributed by atoms with E-state index in [1.54, 1.807) is 12.1 Å². The first kappa shape index (κ1) is 21.5. The molecule has 7 heteroatoms. The monoisotopic (exact) mass is 418 g/mol. The van der Waals surface area contributed by atoms with E-state index in [-0.39, 0.29) is 22.7 Å². The fourth-order valence-electron chi connectivity index (χ4n) is 3.84. The number of carbonyl (C=O) groups is 1. The van der Waals surface area contributed by atoms with Gasteiger partial charge < -0.3 is 5.32 Å². The maximum atomic E-state index is 13.0. The molecule has 0 aliphatic carbocycles. The van der Waals surface area contributed by atoms with Crippen molar-refractivity contribution in [3.63, 3.8) is 0 Å². The number of piperidine rings is 1. The molecule has 156 valence electrons. The molecule has 1 N–H and O–H groups in total. The van der Waals surface area contributed by atoms with E-state index in [1.165, 1.54) is 40.7 Å². The lowest BCUT2D eigenvalue weighted by atomic mass is 9.94. The van der Waals surface area contributed by atoms with Crippen LogP contribution in [0.4, 0.5) is 4.39 Å². The van der Waals surface area contributed by atoms with E-state index in [4.69, 9.17) is 0 Å². The highest BCUT2D eigenvalue weighted by atomic mass is 32.2. The van der Waals surface area contributed by atoms with Crippen molar-refractivity contribution in [2.24, 2.45) is 11.8 Å². The molecule has 3 atom stereocenters. The van der Waals surface area contributed by atoms with Crippen LogP contribution in [0.5, 0.6) is 0 Å². The van der Waals surface area contributed by atoms with E-state index >= 15 is 0 Å². The topological polar surface area (TPSA) is 66.5 Å². The van der Waals surface area contributed by atoms with E-state index in [9.17, 15) is 17.6 Å². The van der Waals surface area contributed by atoms with E-state index in [0.717, 1.165) is 12.0 Å². The van der Waals surface area contributed by atoms with Crippen LogP contribution in [0.25, 0.3) is 0 Å². The summed E-state index contributed by atoms with van der Waals surface area (Å²) in [7, 11) is -3.57. The van der Waals surface area contributed by atoms with Gasteiger partial charge in [-0.2, -0.15) is 4.31 Å². The Morgan fingerprint density at radius 2 is 1.59 bits per heavy atom. The molecule has 1 aliphatic heterocycles. The molecule has 2 aromatic rings. The van der Waals surface area contributed by atoms with Crippen LogP contribution in [0.1, 0.15) is 49.2 Å². The van der Waals surface area contributed by atoms with Gasteiger partial charge >= 0.3 is 0 Å². The van der Waals surface area contributed by atoms with Crippen molar-refractivity contribution in [3.8, 4) is 0 Å².